The van der Waals surface area contributed by atoms with Crippen molar-refractivity contribution in [2.24, 2.45) is 11.7 Å². The molecule has 0 spiro atoms. The zero-order valence-corrected chi connectivity index (χ0v) is 18.7. The van der Waals surface area contributed by atoms with Crippen LogP contribution in [0.4, 0.5) is 0 Å². The predicted molar refractivity (Wildman–Crippen MR) is 123 cm³/mol. The zero-order chi connectivity index (χ0) is 23.0. The van der Waals surface area contributed by atoms with Crippen LogP contribution >= 0.6 is 0 Å². The van der Waals surface area contributed by atoms with Crippen LogP contribution in [-0.4, -0.2) is 27.5 Å². The summed E-state index contributed by atoms with van der Waals surface area (Å²) < 4.78 is 35.5. The third kappa shape index (κ3) is 5.96. The molecule has 2 N–H and O–H groups in total. The Hall–Kier alpha value is -3.16. The van der Waals surface area contributed by atoms with Gasteiger partial charge in [-0.15, -0.1) is 0 Å². The summed E-state index contributed by atoms with van der Waals surface area (Å²) in [6.07, 6.45) is 0.587. The molecule has 0 fully saturated rings. The number of benzene rings is 3. The van der Waals surface area contributed by atoms with Crippen LogP contribution in [0.1, 0.15) is 24.0 Å². The maximum absolute atomic E-state index is 12.6. The van der Waals surface area contributed by atoms with Crippen molar-refractivity contribution in [3.8, 4) is 5.75 Å². The molecule has 0 bridgehead atoms. The van der Waals surface area contributed by atoms with E-state index in [2.05, 4.69) is 0 Å². The van der Waals surface area contributed by atoms with E-state index in [9.17, 15) is 13.2 Å². The molecular formula is C25H27NO5S. The van der Waals surface area contributed by atoms with Gasteiger partial charge in [-0.05, 0) is 48.7 Å². The molecule has 7 heteroatoms. The van der Waals surface area contributed by atoms with Gasteiger partial charge in [0, 0.05) is 12.5 Å². The Kier molecular flexibility index (Phi) is 8.03. The molecule has 0 saturated carbocycles. The first-order chi connectivity index (χ1) is 15.4. The SMILES string of the molecule is CCOC(=O)C(CN)C(Cc1ccccc1)c1ccc(OS(=O)(=O)c2ccccc2)cc1. The van der Waals surface area contributed by atoms with Crippen LogP contribution in [-0.2, 0) is 26.1 Å². The molecule has 0 aromatic heterocycles. The minimum Gasteiger partial charge on any atom is -0.466 e. The van der Waals surface area contributed by atoms with E-state index in [1.807, 2.05) is 30.3 Å². The molecule has 2 atom stereocenters. The molecule has 3 rings (SSSR count). The number of rotatable bonds is 10. The number of hydrogen-bond donors (Lipinski definition) is 1. The van der Waals surface area contributed by atoms with Crippen molar-refractivity contribution in [3.63, 3.8) is 0 Å². The van der Waals surface area contributed by atoms with E-state index in [1.165, 1.54) is 12.1 Å². The Morgan fingerprint density at radius 1 is 0.906 bits per heavy atom. The average molecular weight is 454 g/mol. The van der Waals surface area contributed by atoms with Gasteiger partial charge in [-0.3, -0.25) is 4.79 Å². The van der Waals surface area contributed by atoms with Gasteiger partial charge in [-0.1, -0.05) is 60.7 Å². The van der Waals surface area contributed by atoms with Crippen molar-refractivity contribution in [2.45, 2.75) is 24.2 Å². The van der Waals surface area contributed by atoms with Crippen molar-refractivity contribution in [2.75, 3.05) is 13.2 Å². The normalized spacial score (nSPS) is 13.2. The lowest BCUT2D eigenvalue weighted by molar-refractivity contribution is -0.148. The summed E-state index contributed by atoms with van der Waals surface area (Å²) in [5, 5.41) is 0. The van der Waals surface area contributed by atoms with Crippen LogP contribution in [0.15, 0.2) is 89.8 Å². The highest BCUT2D eigenvalue weighted by molar-refractivity contribution is 7.87. The maximum Gasteiger partial charge on any atom is 0.339 e. The Morgan fingerprint density at radius 3 is 2.06 bits per heavy atom. The minimum absolute atomic E-state index is 0.0801. The van der Waals surface area contributed by atoms with Crippen LogP contribution in [0.3, 0.4) is 0 Å². The lowest BCUT2D eigenvalue weighted by atomic mass is 9.81. The molecular weight excluding hydrogens is 426 g/mol. The van der Waals surface area contributed by atoms with Gasteiger partial charge in [-0.2, -0.15) is 8.42 Å². The summed E-state index contributed by atoms with van der Waals surface area (Å²) in [6.45, 7) is 2.17. The fraction of sp³-hybridized carbons (Fsp3) is 0.240. The molecule has 0 saturated heterocycles. The van der Waals surface area contributed by atoms with Crippen molar-refractivity contribution >= 4 is 16.1 Å². The molecule has 0 heterocycles. The molecule has 32 heavy (non-hydrogen) atoms. The third-order valence-electron chi connectivity index (χ3n) is 5.17. The van der Waals surface area contributed by atoms with Gasteiger partial charge in [-0.25, -0.2) is 0 Å². The van der Waals surface area contributed by atoms with Crippen LogP contribution in [0.5, 0.6) is 5.75 Å². The van der Waals surface area contributed by atoms with E-state index < -0.39 is 16.0 Å². The van der Waals surface area contributed by atoms with E-state index in [4.69, 9.17) is 14.7 Å². The van der Waals surface area contributed by atoms with E-state index >= 15 is 0 Å². The summed E-state index contributed by atoms with van der Waals surface area (Å²) in [6, 6.07) is 24.5. The monoisotopic (exact) mass is 453 g/mol. The zero-order valence-electron chi connectivity index (χ0n) is 17.9. The summed E-state index contributed by atoms with van der Waals surface area (Å²) in [5.74, 6) is -0.921. The number of ether oxygens (including phenoxy) is 1. The molecule has 2 unspecified atom stereocenters. The molecule has 0 aliphatic heterocycles. The van der Waals surface area contributed by atoms with Crippen molar-refractivity contribution in [3.05, 3.63) is 96.1 Å². The molecule has 168 valence electrons. The van der Waals surface area contributed by atoms with Crippen molar-refractivity contribution in [1.29, 1.82) is 0 Å². The summed E-state index contributed by atoms with van der Waals surface area (Å²) in [5.41, 5.74) is 7.88. The van der Waals surface area contributed by atoms with Crippen LogP contribution in [0.2, 0.25) is 0 Å². The van der Waals surface area contributed by atoms with E-state index in [0.29, 0.717) is 6.42 Å². The van der Waals surface area contributed by atoms with Gasteiger partial charge < -0.3 is 14.7 Å². The topological polar surface area (TPSA) is 95.7 Å². The second kappa shape index (κ2) is 10.9. The van der Waals surface area contributed by atoms with Gasteiger partial charge in [0.1, 0.15) is 10.6 Å². The highest BCUT2D eigenvalue weighted by Gasteiger charge is 2.30. The van der Waals surface area contributed by atoms with Gasteiger partial charge in [0.15, 0.2) is 0 Å². The highest BCUT2D eigenvalue weighted by atomic mass is 32.2. The molecule has 0 aliphatic carbocycles. The number of carbonyl (C=O) groups excluding carboxylic acids is 1. The fourth-order valence-electron chi connectivity index (χ4n) is 3.57. The number of esters is 1. The first kappa shape index (κ1) is 23.5. The number of carbonyl (C=O) groups is 1. The van der Waals surface area contributed by atoms with E-state index in [-0.39, 0.29) is 35.7 Å². The predicted octanol–water partition coefficient (Wildman–Crippen LogP) is 3.92. The maximum atomic E-state index is 12.6. The Morgan fingerprint density at radius 2 is 1.50 bits per heavy atom. The molecule has 3 aromatic carbocycles. The quantitative estimate of drug-likeness (QED) is 0.369. The first-order valence-electron chi connectivity index (χ1n) is 10.4. The Balaban J connectivity index is 1.87. The van der Waals surface area contributed by atoms with E-state index in [1.54, 1.807) is 49.4 Å². The molecule has 0 aliphatic rings. The van der Waals surface area contributed by atoms with Crippen molar-refractivity contribution < 1.29 is 22.1 Å². The van der Waals surface area contributed by atoms with Gasteiger partial charge >= 0.3 is 16.1 Å². The lowest BCUT2D eigenvalue weighted by Gasteiger charge is -2.25. The number of nitrogens with two attached hydrogens (primary N) is 1. The first-order valence-corrected chi connectivity index (χ1v) is 11.9. The molecule has 3 aromatic rings. The lowest BCUT2D eigenvalue weighted by Crippen LogP contribution is -2.32. The summed E-state index contributed by atoms with van der Waals surface area (Å²) in [4.78, 5) is 12.7. The van der Waals surface area contributed by atoms with Crippen LogP contribution in [0.25, 0.3) is 0 Å². The van der Waals surface area contributed by atoms with E-state index in [0.717, 1.165) is 11.1 Å². The second-order valence-electron chi connectivity index (χ2n) is 7.31. The van der Waals surface area contributed by atoms with Crippen LogP contribution < -0.4 is 9.92 Å². The van der Waals surface area contributed by atoms with Crippen LogP contribution in [0, 0.1) is 5.92 Å². The smallest absolute Gasteiger partial charge is 0.339 e. The summed E-state index contributed by atoms with van der Waals surface area (Å²) >= 11 is 0. The van der Waals surface area contributed by atoms with Gasteiger partial charge in [0.2, 0.25) is 0 Å². The van der Waals surface area contributed by atoms with Gasteiger partial charge in [0.25, 0.3) is 0 Å². The largest absolute Gasteiger partial charge is 0.466 e. The molecule has 0 radical (unpaired) electrons. The number of hydrogen-bond acceptors (Lipinski definition) is 6. The highest BCUT2D eigenvalue weighted by Crippen LogP contribution is 2.31. The fourth-order valence-corrected chi connectivity index (χ4v) is 4.52. The van der Waals surface area contributed by atoms with Gasteiger partial charge in [0.05, 0.1) is 12.5 Å². The molecule has 0 amide bonds. The second-order valence-corrected chi connectivity index (χ2v) is 8.86. The van der Waals surface area contributed by atoms with Crippen molar-refractivity contribution in [1.82, 2.24) is 0 Å². The molecule has 6 nitrogen and oxygen atoms in total. The average Bonchev–Trinajstić information content (AvgIpc) is 2.81. The Bertz CT molecular complexity index is 1100. The minimum atomic E-state index is -3.93. The Labute approximate surface area is 189 Å². The third-order valence-corrected chi connectivity index (χ3v) is 6.43. The summed E-state index contributed by atoms with van der Waals surface area (Å²) in [7, 11) is -3.93. The standard InChI is InChI=1S/C25H27NO5S/c1-2-30-25(27)24(18-26)23(17-19-9-5-3-6-10-19)20-13-15-21(16-14-20)31-32(28,29)22-11-7-4-8-12-22/h3-16,23-24H,2,17-18,26H2,1H3.